The number of rotatable bonds is 8. The van der Waals surface area contributed by atoms with Crippen molar-refractivity contribution in [3.63, 3.8) is 0 Å². The van der Waals surface area contributed by atoms with Gasteiger partial charge in [-0.1, -0.05) is 6.92 Å². The van der Waals surface area contributed by atoms with E-state index in [-0.39, 0.29) is 22.8 Å². The van der Waals surface area contributed by atoms with E-state index in [1.807, 2.05) is 13.8 Å². The molecular weight excluding hydrogens is 442 g/mol. The molecule has 1 fully saturated rings. The zero-order valence-electron chi connectivity index (χ0n) is 19.1. The van der Waals surface area contributed by atoms with Gasteiger partial charge in [0.25, 0.3) is 15.9 Å². The molecule has 0 radical (unpaired) electrons. The van der Waals surface area contributed by atoms with Gasteiger partial charge in [-0.15, -0.1) is 0 Å². The predicted octanol–water partition coefficient (Wildman–Crippen LogP) is 2.38. The summed E-state index contributed by atoms with van der Waals surface area (Å²) in [7, 11) is -3.93. The minimum atomic E-state index is -3.93. The Labute approximate surface area is 195 Å². The standard InChI is InChI=1S/C23H31N5O4S/c1-4-16(2)25-23(30)18-5-10-22(28-13-11-24-12-14-28)21(15-18)27-33(31,32)20-8-6-19(7-9-20)26-17(3)29/h5-10,15-16,24,27H,4,11-14H2,1-3H3,(H,25,30)(H,26,29). The van der Waals surface area contributed by atoms with Crippen molar-refractivity contribution in [2.24, 2.45) is 0 Å². The number of amides is 2. The lowest BCUT2D eigenvalue weighted by molar-refractivity contribution is -0.114. The van der Waals surface area contributed by atoms with Crippen molar-refractivity contribution in [3.8, 4) is 0 Å². The highest BCUT2D eigenvalue weighted by atomic mass is 32.2. The van der Waals surface area contributed by atoms with E-state index in [4.69, 9.17) is 0 Å². The first kappa shape index (κ1) is 24.5. The third kappa shape index (κ3) is 6.45. The van der Waals surface area contributed by atoms with E-state index in [0.717, 1.165) is 38.3 Å². The number of piperazine rings is 1. The van der Waals surface area contributed by atoms with Crippen molar-refractivity contribution < 1.29 is 18.0 Å². The van der Waals surface area contributed by atoms with Gasteiger partial charge < -0.3 is 20.9 Å². The monoisotopic (exact) mass is 473 g/mol. The molecule has 1 atom stereocenters. The molecule has 2 aromatic rings. The molecule has 0 bridgehead atoms. The maximum atomic E-state index is 13.1. The Morgan fingerprint density at radius 1 is 1.09 bits per heavy atom. The summed E-state index contributed by atoms with van der Waals surface area (Å²) in [6.45, 7) is 8.29. The van der Waals surface area contributed by atoms with Gasteiger partial charge in [0.15, 0.2) is 0 Å². The summed E-state index contributed by atoms with van der Waals surface area (Å²) in [5.41, 5.74) is 1.95. The van der Waals surface area contributed by atoms with E-state index in [2.05, 4.69) is 25.6 Å². The van der Waals surface area contributed by atoms with Crippen molar-refractivity contribution >= 4 is 38.9 Å². The Morgan fingerprint density at radius 2 is 1.76 bits per heavy atom. The first-order valence-corrected chi connectivity index (χ1v) is 12.5. The highest BCUT2D eigenvalue weighted by Crippen LogP contribution is 2.30. The number of sulfonamides is 1. The highest BCUT2D eigenvalue weighted by Gasteiger charge is 2.22. The normalized spacial score (nSPS) is 14.9. The summed E-state index contributed by atoms with van der Waals surface area (Å²) in [6, 6.07) is 11.0. The van der Waals surface area contributed by atoms with Crippen molar-refractivity contribution in [1.82, 2.24) is 10.6 Å². The summed E-state index contributed by atoms with van der Waals surface area (Å²) < 4.78 is 29.0. The number of nitrogens with one attached hydrogen (secondary N) is 4. The summed E-state index contributed by atoms with van der Waals surface area (Å²) in [4.78, 5) is 26.0. The lowest BCUT2D eigenvalue weighted by Crippen LogP contribution is -2.43. The lowest BCUT2D eigenvalue weighted by Gasteiger charge is -2.31. The van der Waals surface area contributed by atoms with E-state index >= 15 is 0 Å². The average molecular weight is 474 g/mol. The number of hydrogen-bond donors (Lipinski definition) is 4. The van der Waals surface area contributed by atoms with Gasteiger partial charge in [-0.25, -0.2) is 8.42 Å². The second-order valence-electron chi connectivity index (χ2n) is 8.06. The van der Waals surface area contributed by atoms with Crippen LogP contribution in [0.1, 0.15) is 37.6 Å². The van der Waals surface area contributed by atoms with Crippen LogP contribution in [-0.2, 0) is 14.8 Å². The Morgan fingerprint density at radius 3 is 2.36 bits per heavy atom. The SMILES string of the molecule is CCC(C)NC(=O)c1ccc(N2CCNCC2)c(NS(=O)(=O)c2ccc(NC(C)=O)cc2)c1. The van der Waals surface area contributed by atoms with E-state index in [9.17, 15) is 18.0 Å². The van der Waals surface area contributed by atoms with Gasteiger partial charge in [0, 0.05) is 50.4 Å². The van der Waals surface area contributed by atoms with Crippen LogP contribution in [0.4, 0.5) is 17.1 Å². The molecular formula is C23H31N5O4S. The molecule has 3 rings (SSSR count). The number of carbonyl (C=O) groups is 2. The van der Waals surface area contributed by atoms with Crippen LogP contribution in [0.5, 0.6) is 0 Å². The summed E-state index contributed by atoms with van der Waals surface area (Å²) in [6.07, 6.45) is 0.790. The molecule has 9 nitrogen and oxygen atoms in total. The van der Waals surface area contributed by atoms with Crippen molar-refractivity contribution in [3.05, 3.63) is 48.0 Å². The molecule has 1 aliphatic heterocycles. The number of anilines is 3. The van der Waals surface area contributed by atoms with Crippen LogP contribution in [0, 0.1) is 0 Å². The van der Waals surface area contributed by atoms with E-state index in [1.54, 1.807) is 18.2 Å². The number of carbonyl (C=O) groups excluding carboxylic acids is 2. The van der Waals surface area contributed by atoms with Gasteiger partial charge in [-0.05, 0) is 55.8 Å². The topological polar surface area (TPSA) is 120 Å². The van der Waals surface area contributed by atoms with Gasteiger partial charge >= 0.3 is 0 Å². The largest absolute Gasteiger partial charge is 0.367 e. The highest BCUT2D eigenvalue weighted by molar-refractivity contribution is 7.92. The molecule has 178 valence electrons. The minimum Gasteiger partial charge on any atom is -0.367 e. The lowest BCUT2D eigenvalue weighted by atomic mass is 10.1. The Hall–Kier alpha value is -3.11. The van der Waals surface area contributed by atoms with Gasteiger partial charge in [-0.2, -0.15) is 0 Å². The summed E-state index contributed by atoms with van der Waals surface area (Å²) in [5.74, 6) is -0.492. The third-order valence-corrected chi connectivity index (χ3v) is 6.82. The Balaban J connectivity index is 1.92. The predicted molar refractivity (Wildman–Crippen MR) is 130 cm³/mol. The number of nitrogens with zero attached hydrogens (tertiary/aromatic N) is 1. The fourth-order valence-electron chi connectivity index (χ4n) is 3.47. The average Bonchev–Trinajstić information content (AvgIpc) is 2.79. The van der Waals surface area contributed by atoms with E-state index in [0.29, 0.717) is 16.9 Å². The molecule has 1 heterocycles. The van der Waals surface area contributed by atoms with E-state index < -0.39 is 10.0 Å². The Bertz CT molecular complexity index is 1100. The maximum absolute atomic E-state index is 13.1. The zero-order chi connectivity index (χ0) is 24.0. The molecule has 2 aromatic carbocycles. The van der Waals surface area contributed by atoms with Gasteiger partial charge in [0.1, 0.15) is 0 Å². The molecule has 0 aromatic heterocycles. The second kappa shape index (κ2) is 10.7. The van der Waals surface area contributed by atoms with Crippen molar-refractivity contribution in [2.75, 3.05) is 41.1 Å². The molecule has 0 spiro atoms. The van der Waals surface area contributed by atoms with Crippen LogP contribution in [-0.4, -0.2) is 52.5 Å². The summed E-state index contributed by atoms with van der Waals surface area (Å²) in [5, 5.41) is 8.81. The first-order valence-electron chi connectivity index (χ1n) is 11.0. The van der Waals surface area contributed by atoms with E-state index in [1.165, 1.54) is 31.2 Å². The molecule has 10 heteroatoms. The zero-order valence-corrected chi connectivity index (χ0v) is 20.0. The fraction of sp³-hybridized carbons (Fsp3) is 0.391. The first-order chi connectivity index (χ1) is 15.7. The van der Waals surface area contributed by atoms with Crippen molar-refractivity contribution in [2.45, 2.75) is 38.1 Å². The summed E-state index contributed by atoms with van der Waals surface area (Å²) >= 11 is 0. The maximum Gasteiger partial charge on any atom is 0.261 e. The van der Waals surface area contributed by atoms with Gasteiger partial charge in [0.2, 0.25) is 5.91 Å². The van der Waals surface area contributed by atoms with Gasteiger partial charge in [0.05, 0.1) is 16.3 Å². The molecule has 4 N–H and O–H groups in total. The fourth-order valence-corrected chi connectivity index (χ4v) is 4.54. The third-order valence-electron chi connectivity index (χ3n) is 5.44. The van der Waals surface area contributed by atoms with Crippen LogP contribution < -0.4 is 25.6 Å². The second-order valence-corrected chi connectivity index (χ2v) is 9.75. The van der Waals surface area contributed by atoms with Crippen molar-refractivity contribution in [1.29, 1.82) is 0 Å². The molecule has 1 aliphatic rings. The molecule has 1 unspecified atom stereocenters. The quantitative estimate of drug-likeness (QED) is 0.467. The molecule has 2 amide bonds. The Kier molecular flexibility index (Phi) is 7.93. The minimum absolute atomic E-state index is 0.00705. The smallest absolute Gasteiger partial charge is 0.261 e. The van der Waals surface area contributed by atoms with Crippen LogP contribution >= 0.6 is 0 Å². The molecule has 1 saturated heterocycles. The molecule has 0 aliphatic carbocycles. The van der Waals surface area contributed by atoms with Crippen LogP contribution in [0.25, 0.3) is 0 Å². The molecule has 33 heavy (non-hydrogen) atoms. The number of benzene rings is 2. The molecule has 0 saturated carbocycles. The van der Waals surface area contributed by atoms with Crippen LogP contribution in [0.3, 0.4) is 0 Å². The van der Waals surface area contributed by atoms with Crippen LogP contribution in [0.15, 0.2) is 47.4 Å². The van der Waals surface area contributed by atoms with Crippen LogP contribution in [0.2, 0.25) is 0 Å². The number of hydrogen-bond acceptors (Lipinski definition) is 6. The van der Waals surface area contributed by atoms with Gasteiger partial charge in [-0.3, -0.25) is 14.3 Å².